The van der Waals surface area contributed by atoms with Crippen LogP contribution in [-0.2, 0) is 0 Å². The summed E-state index contributed by atoms with van der Waals surface area (Å²) < 4.78 is 91.8. The van der Waals surface area contributed by atoms with Gasteiger partial charge in [-0.3, -0.25) is 10.2 Å². The highest BCUT2D eigenvalue weighted by atomic mass is 35.5. The van der Waals surface area contributed by atoms with Crippen LogP contribution in [0.25, 0.3) is 6.08 Å². The molecule has 16 heteroatoms. The van der Waals surface area contributed by atoms with E-state index in [0.717, 1.165) is 0 Å². The zero-order valence-electron chi connectivity index (χ0n) is 23.1. The van der Waals surface area contributed by atoms with Gasteiger partial charge in [0.2, 0.25) is 0 Å². The standard InChI is InChI=1S/C26H29ClF7N7O/c1-14-7-6-10-36-20(14)40-39-17(13-37-41-22(35)24(28,29)25(30,31)26(32,33)34)8-9-18-15(2)11-16(27)12-19(18)21(42)38-23(3,4)5/h6-12,37H,13H2,1-5H3,(H2,35,41)(H,36,40)(H,38,42)/b9-8+,39-17+. The lowest BCUT2D eigenvalue weighted by Crippen LogP contribution is -2.58. The first-order chi connectivity index (χ1) is 19.2. The van der Waals surface area contributed by atoms with Gasteiger partial charge in [-0.1, -0.05) is 23.7 Å². The molecule has 1 aromatic carbocycles. The maximum atomic E-state index is 13.8. The predicted octanol–water partition coefficient (Wildman–Crippen LogP) is 6.06. The van der Waals surface area contributed by atoms with Crippen LogP contribution in [0.4, 0.5) is 36.6 Å². The Morgan fingerprint density at radius 3 is 2.26 bits per heavy atom. The first-order valence-corrected chi connectivity index (χ1v) is 12.5. The number of pyridine rings is 1. The number of aromatic nitrogens is 1. The number of nitrogens with zero attached hydrogens (tertiary/aromatic N) is 3. The van der Waals surface area contributed by atoms with E-state index in [1.165, 1.54) is 24.4 Å². The van der Waals surface area contributed by atoms with Gasteiger partial charge in [0, 0.05) is 22.3 Å². The van der Waals surface area contributed by atoms with Crippen molar-refractivity contribution in [2.24, 2.45) is 15.9 Å². The molecular formula is C26H29ClF7N7O. The SMILES string of the molecule is Cc1cccnc1N/N=C(\C=C\c1c(C)cc(Cl)cc1C(=O)NC(C)(C)C)CN/N=C(\N)C(F)(F)C(F)(F)C(F)(F)F. The molecule has 5 N–H and O–H groups in total. The van der Waals surface area contributed by atoms with Crippen LogP contribution in [-0.4, -0.2) is 52.5 Å². The second-order valence-electron chi connectivity index (χ2n) is 10.1. The monoisotopic (exact) mass is 623 g/mol. The van der Waals surface area contributed by atoms with E-state index in [-0.39, 0.29) is 16.3 Å². The van der Waals surface area contributed by atoms with Crippen molar-refractivity contribution in [3.05, 3.63) is 63.8 Å². The molecule has 1 heterocycles. The van der Waals surface area contributed by atoms with Crippen LogP contribution in [0.5, 0.6) is 0 Å². The second-order valence-corrected chi connectivity index (χ2v) is 10.5. The third kappa shape index (κ3) is 8.57. The summed E-state index contributed by atoms with van der Waals surface area (Å²) in [6.45, 7) is 8.14. The number of amides is 1. The summed E-state index contributed by atoms with van der Waals surface area (Å²) in [4.78, 5) is 17.0. The van der Waals surface area contributed by atoms with E-state index < -0.39 is 41.8 Å². The number of rotatable bonds is 10. The predicted molar refractivity (Wildman–Crippen MR) is 148 cm³/mol. The Kier molecular flexibility index (Phi) is 10.6. The number of carbonyl (C=O) groups is 1. The Balaban J connectivity index is 2.46. The van der Waals surface area contributed by atoms with Gasteiger partial charge in [-0.2, -0.15) is 40.9 Å². The highest BCUT2D eigenvalue weighted by Crippen LogP contribution is 2.46. The summed E-state index contributed by atoms with van der Waals surface area (Å²) in [6.07, 6.45) is -2.33. The van der Waals surface area contributed by atoms with Crippen molar-refractivity contribution >= 4 is 40.9 Å². The number of anilines is 1. The van der Waals surface area contributed by atoms with E-state index in [4.69, 9.17) is 17.3 Å². The Morgan fingerprint density at radius 2 is 1.69 bits per heavy atom. The first kappa shape index (κ1) is 34.3. The van der Waals surface area contributed by atoms with Crippen LogP contribution in [0.2, 0.25) is 5.02 Å². The van der Waals surface area contributed by atoms with Crippen LogP contribution in [0.15, 0.2) is 46.7 Å². The number of aryl methyl sites for hydroxylation is 2. The molecule has 42 heavy (non-hydrogen) atoms. The summed E-state index contributed by atoms with van der Waals surface area (Å²) in [7, 11) is 0. The number of hydrogen-bond donors (Lipinski definition) is 4. The minimum Gasteiger partial charge on any atom is -0.380 e. The zero-order valence-corrected chi connectivity index (χ0v) is 23.9. The van der Waals surface area contributed by atoms with E-state index in [2.05, 4.69) is 25.9 Å². The molecule has 0 spiro atoms. The molecule has 0 atom stereocenters. The number of halogens is 8. The molecule has 2 aromatic rings. The molecule has 0 saturated carbocycles. The van der Waals surface area contributed by atoms with Gasteiger partial charge in [0.15, 0.2) is 5.84 Å². The number of alkyl halides is 7. The number of benzene rings is 1. The maximum absolute atomic E-state index is 13.8. The number of nitrogens with one attached hydrogen (secondary N) is 3. The highest BCUT2D eigenvalue weighted by Gasteiger charge is 2.75. The molecule has 8 nitrogen and oxygen atoms in total. The molecule has 230 valence electrons. The fourth-order valence-corrected chi connectivity index (χ4v) is 3.50. The minimum absolute atomic E-state index is 0.0287. The van der Waals surface area contributed by atoms with Crippen LogP contribution >= 0.6 is 11.6 Å². The molecule has 0 aliphatic carbocycles. The van der Waals surface area contributed by atoms with E-state index in [0.29, 0.717) is 22.5 Å². The second kappa shape index (κ2) is 13.0. The average Bonchev–Trinajstić information content (AvgIpc) is 2.84. The van der Waals surface area contributed by atoms with Gasteiger partial charge in [-0.25, -0.2) is 4.98 Å². The van der Waals surface area contributed by atoms with Crippen molar-refractivity contribution in [2.45, 2.75) is 58.2 Å². The lowest BCUT2D eigenvalue weighted by atomic mass is 9.99. The molecule has 0 aliphatic heterocycles. The zero-order chi connectivity index (χ0) is 32.1. The molecule has 0 fully saturated rings. The summed E-state index contributed by atoms with van der Waals surface area (Å²) in [5.74, 6) is -14.8. The number of carbonyl (C=O) groups excluding carboxylic acids is 1. The maximum Gasteiger partial charge on any atom is 0.460 e. The van der Waals surface area contributed by atoms with Crippen LogP contribution in [0.3, 0.4) is 0 Å². The Labute approximate surface area is 242 Å². The van der Waals surface area contributed by atoms with Gasteiger partial charge in [-0.05, 0) is 75.6 Å². The van der Waals surface area contributed by atoms with Crippen LogP contribution in [0, 0.1) is 13.8 Å². The van der Waals surface area contributed by atoms with E-state index in [1.807, 2.05) is 5.43 Å². The van der Waals surface area contributed by atoms with Gasteiger partial charge in [0.05, 0.1) is 12.3 Å². The fraction of sp³-hybridized carbons (Fsp3) is 0.385. The van der Waals surface area contributed by atoms with E-state index in [1.54, 1.807) is 52.8 Å². The molecule has 2 rings (SSSR count). The molecular weight excluding hydrogens is 595 g/mol. The summed E-state index contributed by atoms with van der Waals surface area (Å²) in [5, 5.41) is 10.0. The van der Waals surface area contributed by atoms with Crippen LogP contribution < -0.4 is 21.9 Å². The minimum atomic E-state index is -6.58. The average molecular weight is 624 g/mol. The number of nitrogens with two attached hydrogens (primary N) is 1. The van der Waals surface area contributed by atoms with Crippen LogP contribution in [0.1, 0.15) is 47.8 Å². The molecule has 0 unspecified atom stereocenters. The number of amidine groups is 1. The topological polar surface area (TPSA) is 117 Å². The smallest absolute Gasteiger partial charge is 0.380 e. The van der Waals surface area contributed by atoms with E-state index in [9.17, 15) is 35.5 Å². The van der Waals surface area contributed by atoms with Crippen molar-refractivity contribution in [3.8, 4) is 0 Å². The molecule has 0 saturated heterocycles. The van der Waals surface area contributed by atoms with Gasteiger partial charge < -0.3 is 16.5 Å². The Morgan fingerprint density at radius 1 is 1.05 bits per heavy atom. The lowest BCUT2D eigenvalue weighted by Gasteiger charge is -2.27. The van der Waals surface area contributed by atoms with Gasteiger partial charge in [0.25, 0.3) is 5.91 Å². The largest absolute Gasteiger partial charge is 0.460 e. The Hall–Kier alpha value is -3.88. The first-order valence-electron chi connectivity index (χ1n) is 12.1. The summed E-state index contributed by atoms with van der Waals surface area (Å²) >= 11 is 6.16. The summed E-state index contributed by atoms with van der Waals surface area (Å²) in [5.41, 5.74) is 10.6. The Bertz CT molecular complexity index is 1380. The molecule has 1 aromatic heterocycles. The molecule has 0 aliphatic rings. The van der Waals surface area contributed by atoms with Crippen molar-refractivity contribution in [1.82, 2.24) is 15.7 Å². The third-order valence-electron chi connectivity index (χ3n) is 5.37. The van der Waals surface area contributed by atoms with Crippen molar-refractivity contribution in [3.63, 3.8) is 0 Å². The highest BCUT2D eigenvalue weighted by molar-refractivity contribution is 6.31. The van der Waals surface area contributed by atoms with Crippen molar-refractivity contribution < 1.29 is 35.5 Å². The van der Waals surface area contributed by atoms with Gasteiger partial charge in [-0.15, -0.1) is 0 Å². The quantitative estimate of drug-likeness (QED) is 0.111. The lowest BCUT2D eigenvalue weighted by molar-refractivity contribution is -0.336. The van der Waals surface area contributed by atoms with Crippen molar-refractivity contribution in [2.75, 3.05) is 12.0 Å². The summed E-state index contributed by atoms with van der Waals surface area (Å²) in [6, 6.07) is 6.40. The van der Waals surface area contributed by atoms with Gasteiger partial charge >= 0.3 is 18.0 Å². The number of hydrazone groups is 2. The molecule has 0 radical (unpaired) electrons. The number of hydrogen-bond acceptors (Lipinski definition) is 6. The molecule has 0 bridgehead atoms. The van der Waals surface area contributed by atoms with E-state index >= 15 is 0 Å². The molecule has 1 amide bonds. The van der Waals surface area contributed by atoms with Gasteiger partial charge in [0.1, 0.15) is 5.82 Å². The fourth-order valence-electron chi connectivity index (χ4n) is 3.23. The normalized spacial score (nSPS) is 13.8. The van der Waals surface area contributed by atoms with Crippen molar-refractivity contribution in [1.29, 1.82) is 0 Å². The third-order valence-corrected chi connectivity index (χ3v) is 5.59.